The summed E-state index contributed by atoms with van der Waals surface area (Å²) in [5.41, 5.74) is 3.91. The third-order valence-electron chi connectivity index (χ3n) is 5.06. The molecule has 2 amide bonds. The van der Waals surface area contributed by atoms with Crippen LogP contribution in [0.3, 0.4) is 0 Å². The van der Waals surface area contributed by atoms with Gasteiger partial charge in [-0.1, -0.05) is 30.3 Å². The third-order valence-corrected chi connectivity index (χ3v) is 5.06. The van der Waals surface area contributed by atoms with Crippen LogP contribution in [0.2, 0.25) is 0 Å². The lowest BCUT2D eigenvalue weighted by molar-refractivity contribution is 0.110. The summed E-state index contributed by atoms with van der Waals surface area (Å²) in [4.78, 5) is 16.4. The number of hydrogen-bond donors (Lipinski definition) is 2. The molecule has 0 radical (unpaired) electrons. The van der Waals surface area contributed by atoms with Crippen LogP contribution in [0, 0.1) is 0 Å². The molecule has 5 heteroatoms. The van der Waals surface area contributed by atoms with Crippen molar-refractivity contribution in [1.29, 1.82) is 0 Å². The van der Waals surface area contributed by atoms with Gasteiger partial charge >= 0.3 is 6.03 Å². The van der Waals surface area contributed by atoms with Gasteiger partial charge in [-0.2, -0.15) is 0 Å². The third kappa shape index (κ3) is 3.82. The Morgan fingerprint density at radius 2 is 2.04 bits per heavy atom. The lowest BCUT2D eigenvalue weighted by atomic mass is 9.96. The number of anilines is 1. The average Bonchev–Trinajstić information content (AvgIpc) is 3.30. The first kappa shape index (κ1) is 16.1. The van der Waals surface area contributed by atoms with E-state index in [1.54, 1.807) is 0 Å². The van der Waals surface area contributed by atoms with E-state index in [1.807, 2.05) is 18.3 Å². The number of nitrogens with zero attached hydrogens (tertiary/aromatic N) is 1. The van der Waals surface area contributed by atoms with E-state index in [-0.39, 0.29) is 12.1 Å². The van der Waals surface area contributed by atoms with Crippen LogP contribution >= 0.6 is 0 Å². The Morgan fingerprint density at radius 1 is 1.20 bits per heavy atom. The van der Waals surface area contributed by atoms with E-state index in [2.05, 4.69) is 39.9 Å². The van der Waals surface area contributed by atoms with Gasteiger partial charge in [-0.25, -0.2) is 9.78 Å². The summed E-state index contributed by atoms with van der Waals surface area (Å²) in [6.45, 7) is 1.23. The maximum atomic E-state index is 12.1. The summed E-state index contributed by atoms with van der Waals surface area (Å²) in [6, 6.07) is 12.2. The zero-order valence-electron chi connectivity index (χ0n) is 14.2. The first-order valence-electron chi connectivity index (χ1n) is 8.97. The number of hydrogen-bond acceptors (Lipinski definition) is 3. The Bertz CT molecular complexity index is 748. The molecule has 1 fully saturated rings. The highest BCUT2D eigenvalue weighted by atomic mass is 16.5. The van der Waals surface area contributed by atoms with Gasteiger partial charge in [0.15, 0.2) is 0 Å². The van der Waals surface area contributed by atoms with Gasteiger partial charge in [0.2, 0.25) is 0 Å². The zero-order valence-corrected chi connectivity index (χ0v) is 14.2. The van der Waals surface area contributed by atoms with Gasteiger partial charge < -0.3 is 10.1 Å². The number of urea groups is 1. The Hall–Kier alpha value is -2.40. The largest absolute Gasteiger partial charge is 0.376 e. The number of ether oxygens (including phenoxy) is 1. The predicted molar refractivity (Wildman–Crippen MR) is 96.8 cm³/mol. The minimum Gasteiger partial charge on any atom is -0.376 e. The zero-order chi connectivity index (χ0) is 17.1. The molecular weight excluding hydrogens is 314 g/mol. The van der Waals surface area contributed by atoms with Gasteiger partial charge in [0.05, 0.1) is 12.7 Å². The number of nitrogens with one attached hydrogen (secondary N) is 2. The summed E-state index contributed by atoms with van der Waals surface area (Å²) < 4.78 is 5.82. The molecule has 2 atom stereocenters. The number of fused-ring (bicyclic) bond motifs is 1. The molecule has 2 N–H and O–H groups in total. The van der Waals surface area contributed by atoms with Crippen molar-refractivity contribution in [3.63, 3.8) is 0 Å². The van der Waals surface area contributed by atoms with Crippen molar-refractivity contribution in [2.45, 2.75) is 37.7 Å². The van der Waals surface area contributed by atoms with Crippen molar-refractivity contribution >= 4 is 11.8 Å². The standard InChI is InChI=1S/C20H23N3O2/c24-20(23-19-10-15-7-4-8-16(15)11-21-19)22-12-18-9-17(13-25-18)14-5-2-1-3-6-14/h1-3,5-6,10-11,17-18H,4,7-9,12-13H2,(H2,21,22,23,24)/t17-,18-/m0/s1. The molecule has 0 bridgehead atoms. The summed E-state index contributed by atoms with van der Waals surface area (Å²) in [5, 5.41) is 5.72. The highest BCUT2D eigenvalue weighted by Crippen LogP contribution is 2.29. The number of amides is 2. The summed E-state index contributed by atoms with van der Waals surface area (Å²) >= 11 is 0. The molecule has 4 rings (SSSR count). The van der Waals surface area contributed by atoms with Crippen LogP contribution in [0.1, 0.15) is 35.4 Å². The minimum atomic E-state index is -0.225. The molecule has 1 aromatic heterocycles. The monoisotopic (exact) mass is 337 g/mol. The molecule has 130 valence electrons. The molecule has 2 heterocycles. The molecule has 0 unspecified atom stereocenters. The van der Waals surface area contributed by atoms with E-state index < -0.39 is 0 Å². The van der Waals surface area contributed by atoms with Gasteiger partial charge in [0.25, 0.3) is 0 Å². The molecule has 25 heavy (non-hydrogen) atoms. The van der Waals surface area contributed by atoms with Crippen LogP contribution in [0.15, 0.2) is 42.6 Å². The van der Waals surface area contributed by atoms with Gasteiger partial charge in [0, 0.05) is 18.7 Å². The fourth-order valence-electron chi connectivity index (χ4n) is 3.69. The van der Waals surface area contributed by atoms with Crippen molar-refractivity contribution in [3.05, 3.63) is 59.3 Å². The van der Waals surface area contributed by atoms with Crippen LogP contribution in [-0.4, -0.2) is 30.3 Å². The molecule has 2 aliphatic rings. The molecule has 1 aliphatic carbocycles. The van der Waals surface area contributed by atoms with E-state index in [1.165, 1.54) is 23.1 Å². The summed E-state index contributed by atoms with van der Waals surface area (Å²) in [6.07, 6.45) is 6.21. The summed E-state index contributed by atoms with van der Waals surface area (Å²) in [5.74, 6) is 1.03. The van der Waals surface area contributed by atoms with E-state index in [0.717, 1.165) is 19.3 Å². The Labute approximate surface area is 147 Å². The van der Waals surface area contributed by atoms with Crippen molar-refractivity contribution in [1.82, 2.24) is 10.3 Å². The number of carbonyl (C=O) groups is 1. The highest BCUT2D eigenvalue weighted by Gasteiger charge is 2.26. The lowest BCUT2D eigenvalue weighted by Gasteiger charge is -2.12. The Kier molecular flexibility index (Phi) is 4.65. The van der Waals surface area contributed by atoms with Crippen molar-refractivity contribution in [2.24, 2.45) is 0 Å². The van der Waals surface area contributed by atoms with Gasteiger partial charge in [-0.05, 0) is 48.4 Å². The fraction of sp³-hybridized carbons (Fsp3) is 0.400. The lowest BCUT2D eigenvalue weighted by Crippen LogP contribution is -2.35. The van der Waals surface area contributed by atoms with Gasteiger partial charge in [-0.3, -0.25) is 5.32 Å². The van der Waals surface area contributed by atoms with E-state index in [9.17, 15) is 4.79 Å². The Balaban J connectivity index is 1.25. The van der Waals surface area contributed by atoms with Crippen molar-refractivity contribution < 1.29 is 9.53 Å². The van der Waals surface area contributed by atoms with Crippen LogP contribution in [0.5, 0.6) is 0 Å². The first-order chi connectivity index (χ1) is 12.3. The maximum Gasteiger partial charge on any atom is 0.320 e. The molecule has 1 aliphatic heterocycles. The molecule has 5 nitrogen and oxygen atoms in total. The second-order valence-electron chi connectivity index (χ2n) is 6.83. The fourth-order valence-corrected chi connectivity index (χ4v) is 3.69. The second-order valence-corrected chi connectivity index (χ2v) is 6.83. The quantitative estimate of drug-likeness (QED) is 0.900. The topological polar surface area (TPSA) is 63.2 Å². The highest BCUT2D eigenvalue weighted by molar-refractivity contribution is 5.88. The van der Waals surface area contributed by atoms with Gasteiger partial charge in [-0.15, -0.1) is 0 Å². The second kappa shape index (κ2) is 7.23. The molecule has 0 spiro atoms. The number of pyridine rings is 1. The normalized spacial score (nSPS) is 21.8. The van der Waals surface area contributed by atoms with E-state index in [0.29, 0.717) is 24.9 Å². The van der Waals surface area contributed by atoms with Crippen LogP contribution in [0.25, 0.3) is 0 Å². The molecular formula is C20H23N3O2. The van der Waals surface area contributed by atoms with Crippen LogP contribution in [-0.2, 0) is 17.6 Å². The molecule has 0 saturated carbocycles. The number of aromatic nitrogens is 1. The van der Waals surface area contributed by atoms with E-state index in [4.69, 9.17) is 4.74 Å². The molecule has 1 saturated heterocycles. The number of rotatable bonds is 4. The minimum absolute atomic E-state index is 0.0592. The number of benzene rings is 1. The van der Waals surface area contributed by atoms with Crippen molar-refractivity contribution in [3.8, 4) is 0 Å². The summed E-state index contributed by atoms with van der Waals surface area (Å²) in [7, 11) is 0. The van der Waals surface area contributed by atoms with Crippen molar-refractivity contribution in [2.75, 3.05) is 18.5 Å². The van der Waals surface area contributed by atoms with Gasteiger partial charge in [0.1, 0.15) is 5.82 Å². The van der Waals surface area contributed by atoms with Crippen LogP contribution in [0.4, 0.5) is 10.6 Å². The Morgan fingerprint density at radius 3 is 2.92 bits per heavy atom. The average molecular weight is 337 g/mol. The molecule has 1 aromatic carbocycles. The predicted octanol–water partition coefficient (Wildman–Crippen LogP) is 3.26. The maximum absolute atomic E-state index is 12.1. The number of carbonyl (C=O) groups excluding carboxylic acids is 1. The smallest absolute Gasteiger partial charge is 0.320 e. The number of aryl methyl sites for hydroxylation is 2. The van der Waals surface area contributed by atoms with Crippen LogP contribution < -0.4 is 10.6 Å². The molecule has 2 aromatic rings. The van der Waals surface area contributed by atoms with E-state index >= 15 is 0 Å². The SMILES string of the molecule is O=C(NC[C@@H]1C[C@H](c2ccccc2)CO1)Nc1cc2c(cn1)CCC2. The first-order valence-corrected chi connectivity index (χ1v) is 8.97.